The molecule has 0 unspecified atom stereocenters. The van der Waals surface area contributed by atoms with Crippen molar-refractivity contribution in [3.63, 3.8) is 0 Å². The van der Waals surface area contributed by atoms with E-state index in [-0.39, 0.29) is 42.6 Å². The number of amides is 4. The molecule has 2 aromatic rings. The average Bonchev–Trinajstić information content (AvgIpc) is 3.37. The Morgan fingerprint density at radius 3 is 2.55 bits per heavy atom. The zero-order valence-electron chi connectivity index (χ0n) is 17.4. The van der Waals surface area contributed by atoms with Crippen LogP contribution in [-0.4, -0.2) is 59.1 Å². The third-order valence-electron chi connectivity index (χ3n) is 5.79. The molecule has 8 nitrogen and oxygen atoms in total. The van der Waals surface area contributed by atoms with E-state index < -0.39 is 0 Å². The third-order valence-corrected chi connectivity index (χ3v) is 5.79. The molecule has 0 atom stereocenters. The van der Waals surface area contributed by atoms with Crippen LogP contribution >= 0.6 is 0 Å². The number of furan rings is 1. The number of hydrogen-bond acceptors (Lipinski definition) is 5. The predicted molar refractivity (Wildman–Crippen MR) is 112 cm³/mol. The van der Waals surface area contributed by atoms with Gasteiger partial charge in [0.2, 0.25) is 5.91 Å². The number of rotatable bonds is 6. The normalized spacial score (nSPS) is 16.5. The molecule has 2 aliphatic heterocycles. The smallest absolute Gasteiger partial charge is 0.289 e. The zero-order valence-corrected chi connectivity index (χ0v) is 17.4. The number of imide groups is 1. The van der Waals surface area contributed by atoms with E-state index >= 15 is 0 Å². The van der Waals surface area contributed by atoms with Gasteiger partial charge in [-0.2, -0.15) is 0 Å². The molecule has 4 rings (SSSR count). The second-order valence-corrected chi connectivity index (χ2v) is 8.03. The predicted octanol–water partition coefficient (Wildman–Crippen LogP) is 2.39. The van der Waals surface area contributed by atoms with Gasteiger partial charge in [0.1, 0.15) is 0 Å². The van der Waals surface area contributed by atoms with Gasteiger partial charge in [0.25, 0.3) is 17.7 Å². The van der Waals surface area contributed by atoms with Crippen LogP contribution in [0.4, 0.5) is 0 Å². The lowest BCUT2D eigenvalue weighted by molar-refractivity contribution is -0.122. The summed E-state index contributed by atoms with van der Waals surface area (Å²) < 4.78 is 5.16. The molecule has 1 fully saturated rings. The molecule has 2 aliphatic rings. The monoisotopic (exact) mass is 423 g/mol. The van der Waals surface area contributed by atoms with Crippen molar-refractivity contribution >= 4 is 23.6 Å². The van der Waals surface area contributed by atoms with E-state index in [1.54, 1.807) is 29.2 Å². The summed E-state index contributed by atoms with van der Waals surface area (Å²) in [6.45, 7) is 3.20. The number of piperidine rings is 1. The van der Waals surface area contributed by atoms with Gasteiger partial charge in [-0.05, 0) is 50.5 Å². The first-order valence-electron chi connectivity index (χ1n) is 10.5. The molecule has 0 radical (unpaired) electrons. The number of hydrogen-bond donors (Lipinski definition) is 1. The SMILES string of the molecule is Cc1ccc2c(c1)C(=O)N(CCCC(=O)NC1CCN(C(=O)c3ccco3)CC1)C2=O. The highest BCUT2D eigenvalue weighted by molar-refractivity contribution is 6.21. The number of nitrogens with zero attached hydrogens (tertiary/aromatic N) is 2. The standard InChI is InChI=1S/C23H25N3O5/c1-15-6-7-17-18(14-15)22(29)26(21(17)28)10-2-5-20(27)24-16-8-11-25(12-9-16)23(30)19-4-3-13-31-19/h3-4,6-7,13-14,16H,2,5,8-12H2,1H3,(H,24,27). The van der Waals surface area contributed by atoms with Crippen LogP contribution in [0.5, 0.6) is 0 Å². The minimum absolute atomic E-state index is 0.00966. The minimum atomic E-state index is -0.297. The Labute approximate surface area is 180 Å². The van der Waals surface area contributed by atoms with Crippen molar-refractivity contribution in [3.8, 4) is 0 Å². The summed E-state index contributed by atoms with van der Waals surface area (Å²) in [7, 11) is 0. The van der Waals surface area contributed by atoms with E-state index in [1.165, 1.54) is 11.2 Å². The maximum absolute atomic E-state index is 12.5. The molecule has 1 aromatic heterocycles. The van der Waals surface area contributed by atoms with Crippen molar-refractivity contribution in [2.24, 2.45) is 0 Å². The number of nitrogens with one attached hydrogen (secondary N) is 1. The molecule has 1 aromatic carbocycles. The Kier molecular flexibility index (Phi) is 5.88. The molecular formula is C23H25N3O5. The number of aryl methyl sites for hydroxylation is 1. The lowest BCUT2D eigenvalue weighted by Crippen LogP contribution is -2.46. The number of fused-ring (bicyclic) bond motifs is 1. The first-order valence-corrected chi connectivity index (χ1v) is 10.5. The molecule has 1 N–H and O–H groups in total. The third kappa shape index (κ3) is 4.38. The molecular weight excluding hydrogens is 398 g/mol. The highest BCUT2D eigenvalue weighted by atomic mass is 16.3. The van der Waals surface area contributed by atoms with Crippen molar-refractivity contribution in [1.82, 2.24) is 15.1 Å². The fraction of sp³-hybridized carbons (Fsp3) is 0.391. The molecule has 0 spiro atoms. The van der Waals surface area contributed by atoms with Crippen molar-refractivity contribution < 1.29 is 23.6 Å². The molecule has 31 heavy (non-hydrogen) atoms. The van der Waals surface area contributed by atoms with Gasteiger partial charge in [-0.25, -0.2) is 0 Å². The lowest BCUT2D eigenvalue weighted by Gasteiger charge is -2.32. The van der Waals surface area contributed by atoms with Crippen LogP contribution in [0.1, 0.15) is 62.5 Å². The van der Waals surface area contributed by atoms with E-state index in [9.17, 15) is 19.2 Å². The largest absolute Gasteiger partial charge is 0.459 e. The molecule has 3 heterocycles. The first-order chi connectivity index (χ1) is 14.9. The van der Waals surface area contributed by atoms with Gasteiger partial charge >= 0.3 is 0 Å². The molecule has 162 valence electrons. The maximum Gasteiger partial charge on any atom is 0.289 e. The average molecular weight is 423 g/mol. The van der Waals surface area contributed by atoms with Crippen molar-refractivity contribution in [3.05, 3.63) is 59.0 Å². The van der Waals surface area contributed by atoms with E-state index in [0.717, 1.165) is 5.56 Å². The molecule has 0 bridgehead atoms. The summed E-state index contributed by atoms with van der Waals surface area (Å²) in [6, 6.07) is 8.56. The van der Waals surface area contributed by atoms with Crippen molar-refractivity contribution in [2.75, 3.05) is 19.6 Å². The van der Waals surface area contributed by atoms with Crippen LogP contribution in [0.2, 0.25) is 0 Å². The Hall–Kier alpha value is -3.42. The van der Waals surface area contributed by atoms with Crippen LogP contribution in [0, 0.1) is 6.92 Å². The summed E-state index contributed by atoms with van der Waals surface area (Å²) in [5.74, 6) is -0.508. The van der Waals surface area contributed by atoms with E-state index in [1.807, 2.05) is 13.0 Å². The summed E-state index contributed by atoms with van der Waals surface area (Å²) in [6.07, 6.45) is 3.47. The highest BCUT2D eigenvalue weighted by Crippen LogP contribution is 2.24. The first kappa shape index (κ1) is 20.8. The van der Waals surface area contributed by atoms with Gasteiger partial charge in [0.15, 0.2) is 5.76 Å². The van der Waals surface area contributed by atoms with E-state index in [4.69, 9.17) is 4.42 Å². The van der Waals surface area contributed by atoms with E-state index in [2.05, 4.69) is 5.32 Å². The van der Waals surface area contributed by atoms with Gasteiger partial charge in [-0.3, -0.25) is 24.1 Å². The van der Waals surface area contributed by atoms with E-state index in [0.29, 0.717) is 49.2 Å². The maximum atomic E-state index is 12.5. The van der Waals surface area contributed by atoms with Crippen LogP contribution in [0.15, 0.2) is 41.0 Å². The molecule has 1 saturated heterocycles. The zero-order chi connectivity index (χ0) is 22.0. The van der Waals surface area contributed by atoms with Gasteiger partial charge in [0, 0.05) is 32.1 Å². The Bertz CT molecular complexity index is 1010. The molecule has 4 amide bonds. The number of carbonyl (C=O) groups is 4. The topological polar surface area (TPSA) is 99.9 Å². The number of likely N-dealkylation sites (tertiary alicyclic amines) is 1. The van der Waals surface area contributed by atoms with Crippen LogP contribution < -0.4 is 5.32 Å². The molecule has 0 saturated carbocycles. The fourth-order valence-corrected chi connectivity index (χ4v) is 4.09. The second-order valence-electron chi connectivity index (χ2n) is 8.03. The quantitative estimate of drug-likeness (QED) is 0.719. The Morgan fingerprint density at radius 2 is 1.84 bits per heavy atom. The van der Waals surface area contributed by atoms with Crippen LogP contribution in [-0.2, 0) is 4.79 Å². The highest BCUT2D eigenvalue weighted by Gasteiger charge is 2.35. The lowest BCUT2D eigenvalue weighted by atomic mass is 10.0. The summed E-state index contributed by atoms with van der Waals surface area (Å²) in [4.78, 5) is 52.5. The van der Waals surface area contributed by atoms with Crippen molar-refractivity contribution in [1.29, 1.82) is 0 Å². The molecule has 0 aliphatic carbocycles. The number of benzene rings is 1. The van der Waals surface area contributed by atoms with Crippen LogP contribution in [0.25, 0.3) is 0 Å². The summed E-state index contributed by atoms with van der Waals surface area (Å²) >= 11 is 0. The summed E-state index contributed by atoms with van der Waals surface area (Å²) in [5.41, 5.74) is 1.79. The fourth-order valence-electron chi connectivity index (χ4n) is 4.09. The van der Waals surface area contributed by atoms with Crippen LogP contribution in [0.3, 0.4) is 0 Å². The minimum Gasteiger partial charge on any atom is -0.459 e. The van der Waals surface area contributed by atoms with Gasteiger partial charge in [-0.15, -0.1) is 0 Å². The summed E-state index contributed by atoms with van der Waals surface area (Å²) in [5, 5.41) is 3.00. The Morgan fingerprint density at radius 1 is 1.10 bits per heavy atom. The second kappa shape index (κ2) is 8.75. The van der Waals surface area contributed by atoms with Gasteiger partial charge < -0.3 is 14.6 Å². The van der Waals surface area contributed by atoms with Crippen molar-refractivity contribution in [2.45, 2.75) is 38.6 Å². The van der Waals surface area contributed by atoms with Gasteiger partial charge in [0.05, 0.1) is 17.4 Å². The van der Waals surface area contributed by atoms with Gasteiger partial charge in [-0.1, -0.05) is 11.6 Å². The number of carbonyl (C=O) groups excluding carboxylic acids is 4. The molecule has 8 heteroatoms. The Balaban J connectivity index is 1.20.